The molecule has 0 aliphatic carbocycles. The molecule has 0 spiro atoms. The van der Waals surface area contributed by atoms with E-state index in [1.54, 1.807) is 6.07 Å². The maximum absolute atomic E-state index is 5.91. The van der Waals surface area contributed by atoms with Crippen molar-refractivity contribution >= 4 is 29.0 Å². The first-order chi connectivity index (χ1) is 5.52. The molecule has 2 N–H and O–H groups in total. The van der Waals surface area contributed by atoms with Gasteiger partial charge < -0.3 is 5.73 Å². The van der Waals surface area contributed by atoms with Gasteiger partial charge in [-0.1, -0.05) is 37.0 Å². The van der Waals surface area contributed by atoms with E-state index in [-0.39, 0.29) is 5.92 Å². The molecule has 0 saturated heterocycles. The standard InChI is InChI=1S/C8H10Cl2N2/c1-4(2)8-7(10)5(9)3-6(11)12-8/h3-4H,1-2H3,(H2,11,12). The summed E-state index contributed by atoms with van der Waals surface area (Å²) < 4.78 is 0. The molecule has 66 valence electrons. The van der Waals surface area contributed by atoms with Crippen molar-refractivity contribution in [2.24, 2.45) is 0 Å². The maximum Gasteiger partial charge on any atom is 0.125 e. The second kappa shape index (κ2) is 3.50. The second-order valence-corrected chi connectivity index (χ2v) is 3.67. The number of anilines is 1. The zero-order valence-corrected chi connectivity index (χ0v) is 8.45. The third-order valence-electron chi connectivity index (χ3n) is 1.51. The molecule has 4 heteroatoms. The third kappa shape index (κ3) is 1.82. The number of aromatic nitrogens is 1. The van der Waals surface area contributed by atoms with Gasteiger partial charge in [0.2, 0.25) is 0 Å². The fraction of sp³-hybridized carbons (Fsp3) is 0.375. The molecular formula is C8H10Cl2N2. The summed E-state index contributed by atoms with van der Waals surface area (Å²) in [6.07, 6.45) is 0. The largest absolute Gasteiger partial charge is 0.384 e. The fourth-order valence-electron chi connectivity index (χ4n) is 0.919. The zero-order valence-electron chi connectivity index (χ0n) is 6.94. The number of nitrogens with two attached hydrogens (primary N) is 1. The molecule has 0 atom stereocenters. The molecule has 0 aliphatic rings. The molecule has 2 nitrogen and oxygen atoms in total. The number of hydrogen-bond acceptors (Lipinski definition) is 2. The Bertz CT molecular complexity index is 297. The van der Waals surface area contributed by atoms with Crippen LogP contribution in [0.3, 0.4) is 0 Å². The van der Waals surface area contributed by atoms with Gasteiger partial charge in [0, 0.05) is 6.07 Å². The van der Waals surface area contributed by atoms with Crippen LogP contribution in [0.5, 0.6) is 0 Å². The summed E-state index contributed by atoms with van der Waals surface area (Å²) in [6, 6.07) is 1.55. The average Bonchev–Trinajstić information content (AvgIpc) is 1.96. The van der Waals surface area contributed by atoms with E-state index < -0.39 is 0 Å². The summed E-state index contributed by atoms with van der Waals surface area (Å²) in [5.74, 6) is 0.645. The van der Waals surface area contributed by atoms with Crippen molar-refractivity contribution in [1.82, 2.24) is 4.98 Å². The van der Waals surface area contributed by atoms with E-state index in [0.717, 1.165) is 5.69 Å². The monoisotopic (exact) mass is 204 g/mol. The third-order valence-corrected chi connectivity index (χ3v) is 2.30. The van der Waals surface area contributed by atoms with Crippen LogP contribution in [0.25, 0.3) is 0 Å². The SMILES string of the molecule is CC(C)c1nc(N)cc(Cl)c1Cl. The molecule has 0 amide bonds. The first-order valence-corrected chi connectivity index (χ1v) is 4.39. The van der Waals surface area contributed by atoms with Gasteiger partial charge in [-0.05, 0) is 5.92 Å². The highest BCUT2D eigenvalue weighted by Crippen LogP contribution is 2.30. The van der Waals surface area contributed by atoms with Crippen LogP contribution in [0.4, 0.5) is 5.82 Å². The lowest BCUT2D eigenvalue weighted by molar-refractivity contribution is 0.825. The Morgan fingerprint density at radius 3 is 2.50 bits per heavy atom. The van der Waals surface area contributed by atoms with Gasteiger partial charge in [0.1, 0.15) is 5.82 Å². The Kier molecular flexibility index (Phi) is 2.80. The zero-order chi connectivity index (χ0) is 9.30. The molecular weight excluding hydrogens is 195 g/mol. The van der Waals surface area contributed by atoms with Gasteiger partial charge in [-0.2, -0.15) is 0 Å². The summed E-state index contributed by atoms with van der Waals surface area (Å²) >= 11 is 11.7. The van der Waals surface area contributed by atoms with Crippen LogP contribution in [-0.4, -0.2) is 4.98 Å². The van der Waals surface area contributed by atoms with E-state index in [1.165, 1.54) is 0 Å². The van der Waals surface area contributed by atoms with Crippen LogP contribution in [0.15, 0.2) is 6.07 Å². The van der Waals surface area contributed by atoms with Crippen molar-refractivity contribution in [3.05, 3.63) is 21.8 Å². The van der Waals surface area contributed by atoms with Gasteiger partial charge >= 0.3 is 0 Å². The minimum absolute atomic E-state index is 0.235. The normalized spacial score (nSPS) is 10.8. The quantitative estimate of drug-likeness (QED) is 0.764. The topological polar surface area (TPSA) is 38.9 Å². The molecule has 0 saturated carbocycles. The van der Waals surface area contributed by atoms with E-state index in [2.05, 4.69) is 4.98 Å². The minimum Gasteiger partial charge on any atom is -0.384 e. The smallest absolute Gasteiger partial charge is 0.125 e. The number of halogens is 2. The van der Waals surface area contributed by atoms with Crippen LogP contribution >= 0.6 is 23.2 Å². The number of nitrogen functional groups attached to an aromatic ring is 1. The molecule has 1 aromatic rings. The summed E-state index contributed by atoms with van der Waals surface area (Å²) in [6.45, 7) is 3.98. The summed E-state index contributed by atoms with van der Waals surface area (Å²) in [7, 11) is 0. The van der Waals surface area contributed by atoms with Gasteiger partial charge in [0.15, 0.2) is 0 Å². The van der Waals surface area contributed by atoms with E-state index in [9.17, 15) is 0 Å². The molecule has 0 fully saturated rings. The number of hydrogen-bond donors (Lipinski definition) is 1. The van der Waals surface area contributed by atoms with Crippen LogP contribution in [0.1, 0.15) is 25.5 Å². The second-order valence-electron chi connectivity index (χ2n) is 2.88. The lowest BCUT2D eigenvalue weighted by Crippen LogP contribution is -1.99. The van der Waals surface area contributed by atoms with Crippen molar-refractivity contribution in [2.45, 2.75) is 19.8 Å². The minimum atomic E-state index is 0.235. The Hall–Kier alpha value is -0.470. The predicted octanol–water partition coefficient (Wildman–Crippen LogP) is 3.09. The van der Waals surface area contributed by atoms with E-state index in [1.807, 2.05) is 13.8 Å². The van der Waals surface area contributed by atoms with Gasteiger partial charge in [-0.25, -0.2) is 4.98 Å². The Labute approximate surface area is 81.7 Å². The average molecular weight is 205 g/mol. The molecule has 1 aromatic heterocycles. The highest BCUT2D eigenvalue weighted by Gasteiger charge is 2.10. The number of rotatable bonds is 1. The number of nitrogens with zero attached hydrogens (tertiary/aromatic N) is 1. The summed E-state index contributed by atoms with van der Waals surface area (Å²) in [4.78, 5) is 4.09. The van der Waals surface area contributed by atoms with Crippen LogP contribution in [0.2, 0.25) is 10.0 Å². The fourth-order valence-corrected chi connectivity index (χ4v) is 1.44. The number of pyridine rings is 1. The lowest BCUT2D eigenvalue weighted by Gasteiger charge is -2.08. The van der Waals surface area contributed by atoms with E-state index >= 15 is 0 Å². The lowest BCUT2D eigenvalue weighted by atomic mass is 10.1. The highest BCUT2D eigenvalue weighted by atomic mass is 35.5. The Morgan fingerprint density at radius 2 is 2.00 bits per heavy atom. The van der Waals surface area contributed by atoms with Crippen LogP contribution in [-0.2, 0) is 0 Å². The van der Waals surface area contributed by atoms with E-state index in [0.29, 0.717) is 15.9 Å². The van der Waals surface area contributed by atoms with Gasteiger partial charge in [0.25, 0.3) is 0 Å². The van der Waals surface area contributed by atoms with Crippen molar-refractivity contribution in [3.8, 4) is 0 Å². The van der Waals surface area contributed by atoms with E-state index in [4.69, 9.17) is 28.9 Å². The van der Waals surface area contributed by atoms with Crippen molar-refractivity contribution in [3.63, 3.8) is 0 Å². The van der Waals surface area contributed by atoms with Crippen molar-refractivity contribution < 1.29 is 0 Å². The Morgan fingerprint density at radius 1 is 1.42 bits per heavy atom. The Balaban J connectivity index is 3.28. The summed E-state index contributed by atoms with van der Waals surface area (Å²) in [5, 5.41) is 0.966. The van der Waals surface area contributed by atoms with Crippen molar-refractivity contribution in [2.75, 3.05) is 5.73 Å². The molecule has 1 heterocycles. The van der Waals surface area contributed by atoms with Crippen LogP contribution in [0, 0.1) is 0 Å². The molecule has 0 aliphatic heterocycles. The maximum atomic E-state index is 5.91. The predicted molar refractivity (Wildman–Crippen MR) is 52.8 cm³/mol. The molecule has 0 radical (unpaired) electrons. The first kappa shape index (κ1) is 9.62. The van der Waals surface area contributed by atoms with Crippen LogP contribution < -0.4 is 5.73 Å². The highest BCUT2D eigenvalue weighted by molar-refractivity contribution is 6.42. The molecule has 12 heavy (non-hydrogen) atoms. The molecule has 1 rings (SSSR count). The first-order valence-electron chi connectivity index (χ1n) is 3.63. The molecule has 0 bridgehead atoms. The molecule has 0 aromatic carbocycles. The summed E-state index contributed by atoms with van der Waals surface area (Å²) in [5.41, 5.74) is 6.26. The van der Waals surface area contributed by atoms with Gasteiger partial charge in [0.05, 0.1) is 15.7 Å². The molecule has 0 unspecified atom stereocenters. The van der Waals surface area contributed by atoms with Gasteiger partial charge in [-0.3, -0.25) is 0 Å². The van der Waals surface area contributed by atoms with Crippen molar-refractivity contribution in [1.29, 1.82) is 0 Å². The van der Waals surface area contributed by atoms with Gasteiger partial charge in [-0.15, -0.1) is 0 Å².